The van der Waals surface area contributed by atoms with Crippen LogP contribution in [0.4, 0.5) is 0 Å². The molecule has 3 aromatic rings. The van der Waals surface area contributed by atoms with Crippen molar-refractivity contribution in [2.45, 2.75) is 32.0 Å². The molecular formula is C23H24N4O2S. The molecule has 0 bridgehead atoms. The number of para-hydroxylation sites is 1. The molecule has 0 radical (unpaired) electrons. The van der Waals surface area contributed by atoms with E-state index in [0.29, 0.717) is 10.7 Å². The molecular weight excluding hydrogens is 396 g/mol. The molecule has 3 heterocycles. The molecule has 1 fully saturated rings. The van der Waals surface area contributed by atoms with Crippen LogP contribution >= 0.6 is 12.2 Å². The number of carbonyl (C=O) groups excluding carboxylic acids is 1. The van der Waals surface area contributed by atoms with Gasteiger partial charge in [0.05, 0.1) is 36.1 Å². The number of nitrogens with one attached hydrogen (secondary N) is 1. The van der Waals surface area contributed by atoms with Crippen LogP contribution in [0.1, 0.15) is 47.7 Å². The van der Waals surface area contributed by atoms with Crippen LogP contribution in [0.3, 0.4) is 0 Å². The van der Waals surface area contributed by atoms with Gasteiger partial charge in [-0.05, 0) is 62.5 Å². The molecule has 1 aliphatic rings. The van der Waals surface area contributed by atoms with E-state index < -0.39 is 0 Å². The normalized spacial score (nSPS) is 18.5. The molecule has 6 nitrogen and oxygen atoms in total. The van der Waals surface area contributed by atoms with Crippen LogP contribution in [0.2, 0.25) is 0 Å². The quantitative estimate of drug-likeness (QED) is 0.497. The largest absolute Gasteiger partial charge is 0.465 e. The van der Waals surface area contributed by atoms with Crippen molar-refractivity contribution in [3.8, 4) is 5.69 Å². The summed E-state index contributed by atoms with van der Waals surface area (Å²) in [6, 6.07) is 17.4. The molecule has 2 atom stereocenters. The minimum absolute atomic E-state index is 0.0897. The van der Waals surface area contributed by atoms with Gasteiger partial charge in [-0.1, -0.05) is 18.2 Å². The van der Waals surface area contributed by atoms with Gasteiger partial charge in [0.1, 0.15) is 0 Å². The van der Waals surface area contributed by atoms with Crippen LogP contribution in [0.15, 0.2) is 67.0 Å². The Hall–Kier alpha value is -3.19. The highest BCUT2D eigenvalue weighted by Crippen LogP contribution is 2.40. The van der Waals surface area contributed by atoms with Crippen molar-refractivity contribution in [2.24, 2.45) is 0 Å². The van der Waals surface area contributed by atoms with E-state index in [-0.39, 0.29) is 24.1 Å². The van der Waals surface area contributed by atoms with Crippen molar-refractivity contribution in [3.05, 3.63) is 83.9 Å². The summed E-state index contributed by atoms with van der Waals surface area (Å²) in [5, 5.41) is 4.15. The fraction of sp³-hybridized carbons (Fsp3) is 0.261. The Morgan fingerprint density at radius 1 is 1.13 bits per heavy atom. The summed E-state index contributed by atoms with van der Waals surface area (Å²) in [4.78, 5) is 19.2. The van der Waals surface area contributed by atoms with E-state index in [1.54, 1.807) is 12.3 Å². The average molecular weight is 421 g/mol. The van der Waals surface area contributed by atoms with E-state index in [1.807, 2.05) is 53.2 Å². The zero-order valence-corrected chi connectivity index (χ0v) is 18.0. The molecule has 7 heteroatoms. The van der Waals surface area contributed by atoms with Gasteiger partial charge < -0.3 is 19.5 Å². The summed E-state index contributed by atoms with van der Waals surface area (Å²) in [5.41, 5.74) is 3.21. The summed E-state index contributed by atoms with van der Waals surface area (Å²) >= 11 is 5.69. The second kappa shape index (κ2) is 8.28. The summed E-state index contributed by atoms with van der Waals surface area (Å²) in [7, 11) is 1.40. The van der Waals surface area contributed by atoms with Crippen LogP contribution in [0.5, 0.6) is 0 Å². The summed E-state index contributed by atoms with van der Waals surface area (Å²) < 4.78 is 7.04. The highest BCUT2D eigenvalue weighted by molar-refractivity contribution is 7.80. The number of pyridine rings is 1. The van der Waals surface area contributed by atoms with Gasteiger partial charge in [0.15, 0.2) is 5.11 Å². The number of rotatable bonds is 5. The Labute approximate surface area is 181 Å². The maximum absolute atomic E-state index is 12.4. The highest BCUT2D eigenvalue weighted by Gasteiger charge is 2.42. The number of hydrogen-bond donors (Lipinski definition) is 1. The van der Waals surface area contributed by atoms with E-state index >= 15 is 0 Å². The fourth-order valence-corrected chi connectivity index (χ4v) is 4.51. The van der Waals surface area contributed by atoms with E-state index in [0.717, 1.165) is 17.1 Å². The first kappa shape index (κ1) is 20.1. The Morgan fingerprint density at radius 3 is 2.60 bits per heavy atom. The average Bonchev–Trinajstić information content (AvgIpc) is 3.37. The van der Waals surface area contributed by atoms with Crippen LogP contribution in [0, 0.1) is 0 Å². The first-order valence-electron chi connectivity index (χ1n) is 9.87. The number of ether oxygens (including phenoxy) is 1. The molecule has 0 spiro atoms. The van der Waals surface area contributed by atoms with E-state index in [1.165, 1.54) is 7.11 Å². The smallest absolute Gasteiger partial charge is 0.339 e. The molecule has 4 rings (SSSR count). The maximum atomic E-state index is 12.4. The van der Waals surface area contributed by atoms with Gasteiger partial charge in [0.25, 0.3) is 0 Å². The van der Waals surface area contributed by atoms with E-state index in [4.69, 9.17) is 17.0 Å². The van der Waals surface area contributed by atoms with Crippen LogP contribution in [-0.2, 0) is 4.74 Å². The molecule has 154 valence electrons. The van der Waals surface area contributed by atoms with Crippen molar-refractivity contribution >= 4 is 23.3 Å². The van der Waals surface area contributed by atoms with Gasteiger partial charge in [-0.3, -0.25) is 4.98 Å². The monoisotopic (exact) mass is 420 g/mol. The summed E-state index contributed by atoms with van der Waals surface area (Å²) in [6.45, 7) is 4.24. The number of nitrogens with zero attached hydrogens (tertiary/aromatic N) is 3. The van der Waals surface area contributed by atoms with Crippen molar-refractivity contribution in [2.75, 3.05) is 7.11 Å². The van der Waals surface area contributed by atoms with Gasteiger partial charge in [-0.25, -0.2) is 4.79 Å². The molecule has 0 amide bonds. The zero-order valence-electron chi connectivity index (χ0n) is 17.1. The van der Waals surface area contributed by atoms with Crippen molar-refractivity contribution < 1.29 is 9.53 Å². The summed E-state index contributed by atoms with van der Waals surface area (Å²) in [5.74, 6) is -0.368. The third kappa shape index (κ3) is 3.45. The fourth-order valence-electron chi connectivity index (χ4n) is 4.06. The topological polar surface area (TPSA) is 59.4 Å². The predicted molar refractivity (Wildman–Crippen MR) is 120 cm³/mol. The first-order chi connectivity index (χ1) is 14.5. The van der Waals surface area contributed by atoms with Crippen LogP contribution < -0.4 is 5.32 Å². The second-order valence-corrected chi connectivity index (χ2v) is 7.83. The second-order valence-electron chi connectivity index (χ2n) is 7.44. The molecule has 30 heavy (non-hydrogen) atoms. The molecule has 1 saturated heterocycles. The lowest BCUT2D eigenvalue weighted by atomic mass is 10.00. The summed E-state index contributed by atoms with van der Waals surface area (Å²) in [6.07, 6.45) is 3.76. The third-order valence-corrected chi connectivity index (χ3v) is 5.67. The van der Waals surface area contributed by atoms with E-state index in [2.05, 4.69) is 35.1 Å². The molecule has 0 saturated carbocycles. The lowest BCUT2D eigenvalue weighted by Gasteiger charge is -2.32. The van der Waals surface area contributed by atoms with Crippen LogP contribution in [-0.4, -0.2) is 38.7 Å². The van der Waals surface area contributed by atoms with Gasteiger partial charge in [0.2, 0.25) is 0 Å². The number of thiocarbonyl (C=S) groups is 1. The van der Waals surface area contributed by atoms with Gasteiger partial charge in [-0.15, -0.1) is 0 Å². The predicted octanol–water partition coefficient (Wildman–Crippen LogP) is 4.04. The Kier molecular flexibility index (Phi) is 5.55. The number of methoxy groups -OCH3 is 1. The van der Waals surface area contributed by atoms with E-state index in [9.17, 15) is 4.79 Å². The molecule has 0 aliphatic carbocycles. The number of benzene rings is 1. The zero-order chi connectivity index (χ0) is 21.3. The maximum Gasteiger partial charge on any atom is 0.339 e. The lowest BCUT2D eigenvalue weighted by molar-refractivity contribution is 0.0600. The molecule has 1 N–H and O–H groups in total. The van der Waals surface area contributed by atoms with Crippen molar-refractivity contribution in [3.63, 3.8) is 0 Å². The van der Waals surface area contributed by atoms with Gasteiger partial charge in [-0.2, -0.15) is 0 Å². The Balaban J connectivity index is 1.86. The van der Waals surface area contributed by atoms with Gasteiger partial charge in [0, 0.05) is 24.1 Å². The van der Waals surface area contributed by atoms with Crippen molar-refractivity contribution in [1.29, 1.82) is 0 Å². The highest BCUT2D eigenvalue weighted by atomic mass is 32.1. The third-order valence-electron chi connectivity index (χ3n) is 5.34. The number of esters is 1. The van der Waals surface area contributed by atoms with Crippen molar-refractivity contribution in [1.82, 2.24) is 19.8 Å². The standard InChI is InChI=1S/C23H24N4O2S/c1-15(2)27-21(20(25-23(27)30)17-10-6-7-13-24-17)19-12-8-14-26(19)18-11-5-4-9-16(18)22(28)29-3/h4-15,20-21H,1-3H3,(H,25,30)/t20-,21+/m0/s1. The number of carbonyl (C=O) groups is 1. The number of hydrogen-bond acceptors (Lipinski definition) is 4. The van der Waals surface area contributed by atoms with Crippen LogP contribution in [0.25, 0.3) is 5.69 Å². The Morgan fingerprint density at radius 2 is 1.90 bits per heavy atom. The minimum Gasteiger partial charge on any atom is -0.465 e. The molecule has 1 aromatic carbocycles. The SMILES string of the molecule is COC(=O)c1ccccc1-n1cccc1[C@@H]1[C@H](c2ccccn2)NC(=S)N1C(C)C. The molecule has 1 aliphatic heterocycles. The minimum atomic E-state index is -0.368. The van der Waals surface area contributed by atoms with Gasteiger partial charge >= 0.3 is 5.97 Å². The molecule has 2 aromatic heterocycles. The Bertz CT molecular complexity index is 1060. The lowest BCUT2D eigenvalue weighted by Crippen LogP contribution is -2.36. The number of aromatic nitrogens is 2. The first-order valence-corrected chi connectivity index (χ1v) is 10.3. The molecule has 0 unspecified atom stereocenters.